The number of aromatic nitrogens is 5. The highest BCUT2D eigenvalue weighted by Gasteiger charge is 2.60. The molecule has 0 bridgehead atoms. The number of methoxy groups -OCH3 is 1. The lowest BCUT2D eigenvalue weighted by Crippen LogP contribution is -2.62. The first-order chi connectivity index (χ1) is 56.6. The van der Waals surface area contributed by atoms with E-state index < -0.39 is 178 Å². The zero-order valence-electron chi connectivity index (χ0n) is 63.0. The number of hydrogen-bond donors (Lipinski definition) is 16. The fourth-order valence-corrected chi connectivity index (χ4v) is 21.4. The molecule has 2 amide bonds. The van der Waals surface area contributed by atoms with Gasteiger partial charge in [-0.3, -0.25) is 51.1 Å². The molecule has 4 aliphatic heterocycles. The molecule has 0 radical (unpaired) electrons. The molecular formula is C66H73F4N11O35P6. The van der Waals surface area contributed by atoms with E-state index in [9.17, 15) is 134 Å². The number of nitrogens with zero attached hydrogens (tertiary/aromatic N) is 10. The molecule has 9 heterocycles. The van der Waals surface area contributed by atoms with Crippen LogP contribution in [-0.2, 0) is 51.2 Å². The third kappa shape index (κ3) is 19.1. The number of carbonyl (C=O) groups is 6. The van der Waals surface area contributed by atoms with Crippen molar-refractivity contribution in [2.24, 2.45) is 34.2 Å². The minimum Gasteiger partial charge on any atom is -0.492 e. The minimum absolute atomic E-state index is 0.0100. The monoisotopic (exact) mass is 1840 g/mol. The Morgan fingerprint density at radius 1 is 0.557 bits per heavy atom. The average Bonchev–Trinajstić information content (AvgIpc) is 1.53. The Labute approximate surface area is 679 Å². The topological polar surface area (TPSA) is 684 Å². The van der Waals surface area contributed by atoms with Crippen LogP contribution in [0.25, 0.3) is 38.7 Å². The molecule has 1 spiro atoms. The number of carboxylic acid groups (broad SMARTS) is 3. The summed E-state index contributed by atoms with van der Waals surface area (Å²) in [5, 5.41) is 34.3. The smallest absolute Gasteiger partial charge is 0.411 e. The van der Waals surface area contributed by atoms with E-state index in [0.29, 0.717) is 41.7 Å². The molecule has 660 valence electrons. The maximum absolute atomic E-state index is 15.4. The van der Waals surface area contributed by atoms with Gasteiger partial charge in [-0.1, -0.05) is 12.1 Å². The van der Waals surface area contributed by atoms with E-state index in [-0.39, 0.29) is 121 Å². The molecule has 122 heavy (non-hydrogen) atoms. The largest absolute Gasteiger partial charge is 0.492 e. The van der Waals surface area contributed by atoms with Crippen molar-refractivity contribution in [2.75, 3.05) is 81.3 Å². The molecule has 1 unspecified atom stereocenters. The number of ether oxygens (including phenoxy) is 4. The van der Waals surface area contributed by atoms with Gasteiger partial charge in [-0.05, 0) is 92.2 Å². The lowest BCUT2D eigenvalue weighted by Gasteiger charge is -2.46. The van der Waals surface area contributed by atoms with Gasteiger partial charge in [0.1, 0.15) is 41.1 Å². The summed E-state index contributed by atoms with van der Waals surface area (Å²) in [6, 6.07) is 6.52. The van der Waals surface area contributed by atoms with E-state index in [2.05, 4.69) is 34.7 Å². The van der Waals surface area contributed by atoms with Crippen molar-refractivity contribution in [1.29, 1.82) is 0 Å². The number of piperidine rings is 2. The summed E-state index contributed by atoms with van der Waals surface area (Å²) in [7, 11) is -30.3. The van der Waals surface area contributed by atoms with Crippen LogP contribution in [0, 0.1) is 52.4 Å². The standard InChI is InChI=1S/C23H20F3N3O11P2.C22H29N3O12P2.C21H24FN5O12P2/c24-9-1-2-17(15(25)3-9)29-8-14(22(32)33)19(31)11-4-16(26)21(27-20(11)29)28-6-12-10(13(12)7-28)5-18(30)40-23(41(34,35)36)42(37,38)39;1-11-7-12(23-21(29)37-22(38(30,31)32)39(33,34)35)9-24(8-11)16-6-5-14-17(19(16)36-2)25(13-3-4-13)10-15(18(14)26)20(27)28;1-38-24-14-6-25(7-21(14)8-26(9-21)19(31)39-20(40(32,33)34)41(35,36)37)17-13(22)4-11-15(28)12(18(29)30)5-27(10-2-3-10)16(11)23-17/h1-4,8,10,12-13,23H,5-7H2,(H,32,33)(H2,34,35,36)(H2,37,38,39);5-6,10-13,22H,3-4,7-9H2,1-2H3,(H,23,29)(H,27,28)(H2,30,31,32)(H2,33,34,35);4-5,10,20H,2-3,6-9H2,1H3,(H,29,30)(H2,32,33,34)(H2,35,36,37)/b;;24-14-/t10?,12-,13+;11-,12-;/m.0./s1. The van der Waals surface area contributed by atoms with Crippen molar-refractivity contribution in [2.45, 2.75) is 80.3 Å². The predicted molar refractivity (Wildman–Crippen MR) is 409 cm³/mol. The number of carboxylic acids is 3. The van der Waals surface area contributed by atoms with Gasteiger partial charge in [0.15, 0.2) is 34.7 Å². The van der Waals surface area contributed by atoms with Gasteiger partial charge >= 0.3 is 98.4 Å². The lowest BCUT2D eigenvalue weighted by molar-refractivity contribution is -0.144. The van der Waals surface area contributed by atoms with Gasteiger partial charge in [0.05, 0.1) is 57.8 Å². The summed E-state index contributed by atoms with van der Waals surface area (Å²) in [6.07, 6.45) is 3.59. The van der Waals surface area contributed by atoms with Crippen LogP contribution in [-0.4, -0.2) is 234 Å². The number of anilines is 3. The predicted octanol–water partition coefficient (Wildman–Crippen LogP) is 3.85. The number of likely N-dealkylation sites (tertiary alicyclic amines) is 1. The third-order valence-corrected chi connectivity index (χ3v) is 30.4. The summed E-state index contributed by atoms with van der Waals surface area (Å²) in [5.41, 5.74) is -13.3. The van der Waals surface area contributed by atoms with Gasteiger partial charge < -0.3 is 132 Å². The Bertz CT molecular complexity index is 5980. The number of esters is 1. The Morgan fingerprint density at radius 2 is 1.03 bits per heavy atom. The number of oxime groups is 1. The number of halogens is 4. The zero-order chi connectivity index (χ0) is 89.8. The van der Waals surface area contributed by atoms with Crippen LogP contribution >= 0.6 is 45.6 Å². The van der Waals surface area contributed by atoms with Crippen LogP contribution < -0.4 is 41.0 Å². The molecular weight excluding hydrogens is 1770 g/mol. The van der Waals surface area contributed by atoms with Crippen molar-refractivity contribution < 1.29 is 172 Å². The van der Waals surface area contributed by atoms with E-state index in [1.165, 1.54) is 42.5 Å². The van der Waals surface area contributed by atoms with Gasteiger partial charge in [0.2, 0.25) is 16.3 Å². The molecule has 7 aromatic rings. The SMILES string of the molecule is CO/N=C1/CN(c2nc3c(cc2F)c(=O)c(C(=O)O)cn3C2CC2)CC12CN(C(=O)OC(P(=O)(O)O)P(=O)(O)O)C2.COc1c(N2C[C@@H](C)C[C@H](NC(=O)OC(P(=O)(O)O)P(=O)(O)O)C2)ccc2c(=O)c(C(=O)O)cn(C3CC3)c12.O=C(CC1[C@H]2CN(c3nc4c(cc3F)c(=O)c(C(=O)O)cn4-c3ccc(F)cc3F)C[C@@H]12)OC(P(=O)(O)O)P(=O)(O)O. The number of aromatic carboxylic acids is 3. The van der Waals surface area contributed by atoms with Crippen LogP contribution in [0.2, 0.25) is 0 Å². The van der Waals surface area contributed by atoms with E-state index >= 15 is 8.78 Å². The average molecular weight is 1840 g/mol. The highest BCUT2D eigenvalue weighted by molar-refractivity contribution is 7.71. The number of carbonyl (C=O) groups excluding carboxylic acids is 3. The Morgan fingerprint density at radius 3 is 1.54 bits per heavy atom. The van der Waals surface area contributed by atoms with Gasteiger partial charge in [0.25, 0.3) is 0 Å². The maximum atomic E-state index is 15.4. The molecule has 5 aromatic heterocycles. The molecule has 46 nitrogen and oxygen atoms in total. The molecule has 5 atom stereocenters. The molecule has 4 saturated heterocycles. The summed E-state index contributed by atoms with van der Waals surface area (Å²) in [5.74, 6) is -10.7. The van der Waals surface area contributed by atoms with Gasteiger partial charge in [-0.2, -0.15) is 0 Å². The van der Waals surface area contributed by atoms with Gasteiger partial charge in [-0.25, -0.2) is 51.5 Å². The molecule has 2 aromatic carbocycles. The van der Waals surface area contributed by atoms with Gasteiger partial charge in [-0.15, -0.1) is 0 Å². The first-order valence-corrected chi connectivity index (χ1v) is 45.9. The van der Waals surface area contributed by atoms with Crippen molar-refractivity contribution in [3.63, 3.8) is 0 Å². The van der Waals surface area contributed by atoms with Crippen LogP contribution in [0.15, 0.2) is 80.6 Å². The summed E-state index contributed by atoms with van der Waals surface area (Å²) in [4.78, 5) is 240. The highest BCUT2D eigenvalue weighted by Crippen LogP contribution is 2.63. The quantitative estimate of drug-likeness (QED) is 0.0142. The second-order valence-electron chi connectivity index (χ2n) is 29.8. The molecule has 16 N–H and O–H groups in total. The van der Waals surface area contributed by atoms with Crippen molar-refractivity contribution >= 4 is 138 Å². The normalized spacial score (nSPS) is 20.0. The van der Waals surface area contributed by atoms with Crippen LogP contribution in [0.5, 0.6) is 5.75 Å². The second-order valence-corrected chi connectivity index (χ2v) is 40.9. The molecule has 7 aliphatic rings. The van der Waals surface area contributed by atoms with E-state index in [1.807, 2.05) is 11.8 Å². The number of alkyl carbamates (subject to hydrolysis) is 1. The summed E-state index contributed by atoms with van der Waals surface area (Å²) in [6.45, 7) is 2.43. The number of rotatable bonds is 23. The van der Waals surface area contributed by atoms with Crippen molar-refractivity contribution in [3.8, 4) is 11.4 Å². The van der Waals surface area contributed by atoms with Crippen LogP contribution in [0.4, 0.5) is 44.5 Å². The number of benzene rings is 2. The lowest BCUT2D eigenvalue weighted by atomic mass is 9.78. The Balaban J connectivity index is 0.000000167. The van der Waals surface area contributed by atoms with Crippen molar-refractivity contribution in [1.82, 2.24) is 33.9 Å². The molecule has 3 saturated carbocycles. The minimum atomic E-state index is -5.52. The maximum Gasteiger partial charge on any atom is 0.411 e. The molecule has 56 heteroatoms. The van der Waals surface area contributed by atoms with Crippen molar-refractivity contribution in [3.05, 3.63) is 132 Å². The molecule has 3 aliphatic carbocycles. The molecule has 14 rings (SSSR count). The number of hydrogen-bond acceptors (Lipinski definition) is 26. The number of fused-ring (bicyclic) bond motifs is 4. The second kappa shape index (κ2) is 33.6. The fraction of sp³-hybridized carbons (Fsp3) is 0.424. The Hall–Kier alpha value is -9.92. The number of nitrogens with one attached hydrogen (secondary N) is 1. The van der Waals surface area contributed by atoms with E-state index in [1.54, 1.807) is 15.2 Å². The summed E-state index contributed by atoms with van der Waals surface area (Å²) < 4.78 is 151. The fourth-order valence-electron chi connectivity index (χ4n) is 15.3. The third-order valence-electron chi connectivity index (χ3n) is 20.9. The van der Waals surface area contributed by atoms with E-state index in [0.717, 1.165) is 65.6 Å². The molecule has 7 fully saturated rings. The number of pyridine rings is 5. The first kappa shape index (κ1) is 91.3. The first-order valence-electron chi connectivity index (χ1n) is 35.9. The van der Waals surface area contributed by atoms with E-state index in [4.69, 9.17) is 29.1 Å². The van der Waals surface area contributed by atoms with Gasteiger partial charge in [0, 0.05) is 95.0 Å². The number of amides is 2. The van der Waals surface area contributed by atoms with Crippen LogP contribution in [0.1, 0.15) is 88.6 Å². The Kier molecular flexibility index (Phi) is 25.2. The highest BCUT2D eigenvalue weighted by atomic mass is 31.2. The van der Waals surface area contributed by atoms with Crippen LogP contribution in [0.3, 0.4) is 0 Å². The zero-order valence-corrected chi connectivity index (χ0v) is 68.4. The summed E-state index contributed by atoms with van der Waals surface area (Å²) >= 11 is 0.